The molecule has 2 bridgehead atoms. The Hall–Kier alpha value is -0.120. The number of fused-ring (bicyclic) bond motifs is 2. The normalized spacial score (nSPS) is 51.0. The molecule has 0 aromatic rings. The summed E-state index contributed by atoms with van der Waals surface area (Å²) in [6.45, 7) is 8.15. The largest absolute Gasteiger partial charge is 0.312 e. The molecular formula is C9H16O3. The number of hydrogen-bond donors (Lipinski definition) is 0. The Morgan fingerprint density at radius 2 is 1.58 bits per heavy atom. The Morgan fingerprint density at radius 3 is 2.17 bits per heavy atom. The van der Waals surface area contributed by atoms with Crippen molar-refractivity contribution >= 4 is 0 Å². The summed E-state index contributed by atoms with van der Waals surface area (Å²) in [5.41, 5.74) is 0.0308. The highest BCUT2D eigenvalue weighted by Gasteiger charge is 2.59. The molecule has 0 saturated carbocycles. The fourth-order valence-electron chi connectivity index (χ4n) is 1.72. The highest BCUT2D eigenvalue weighted by atomic mass is 17.3. The summed E-state index contributed by atoms with van der Waals surface area (Å²) >= 11 is 0. The SMILES string of the molecule is CC1(C)CC[C@@]2(C)OO[C@]1(C)O2. The van der Waals surface area contributed by atoms with Gasteiger partial charge in [0.25, 0.3) is 0 Å². The van der Waals surface area contributed by atoms with Crippen molar-refractivity contribution in [3.8, 4) is 0 Å². The van der Waals surface area contributed by atoms with E-state index in [4.69, 9.17) is 14.5 Å². The first-order chi connectivity index (χ1) is 5.37. The van der Waals surface area contributed by atoms with Crippen molar-refractivity contribution in [3.63, 3.8) is 0 Å². The molecule has 2 atom stereocenters. The van der Waals surface area contributed by atoms with Gasteiger partial charge in [-0.15, -0.1) is 0 Å². The minimum Gasteiger partial charge on any atom is -0.312 e. The van der Waals surface area contributed by atoms with E-state index >= 15 is 0 Å². The molecule has 0 N–H and O–H groups in total. The Balaban J connectivity index is 2.31. The third kappa shape index (κ3) is 0.934. The summed E-state index contributed by atoms with van der Waals surface area (Å²) in [5.74, 6) is -1.08. The van der Waals surface area contributed by atoms with Crippen LogP contribution in [0.5, 0.6) is 0 Å². The van der Waals surface area contributed by atoms with Crippen LogP contribution in [0.25, 0.3) is 0 Å². The van der Waals surface area contributed by atoms with E-state index in [1.807, 2.05) is 13.8 Å². The highest BCUT2D eigenvalue weighted by Crippen LogP contribution is 2.53. The third-order valence-electron chi connectivity index (χ3n) is 3.22. The molecule has 3 nitrogen and oxygen atoms in total. The molecule has 2 aliphatic heterocycles. The summed E-state index contributed by atoms with van der Waals surface area (Å²) in [4.78, 5) is 10.4. The number of hydrogen-bond acceptors (Lipinski definition) is 3. The second-order valence-electron chi connectivity index (χ2n) is 4.73. The average Bonchev–Trinajstić information content (AvgIpc) is 2.22. The van der Waals surface area contributed by atoms with Gasteiger partial charge >= 0.3 is 0 Å². The fourth-order valence-corrected chi connectivity index (χ4v) is 1.72. The molecule has 12 heavy (non-hydrogen) atoms. The smallest absolute Gasteiger partial charge is 0.207 e. The third-order valence-corrected chi connectivity index (χ3v) is 3.22. The van der Waals surface area contributed by atoms with Crippen molar-refractivity contribution < 1.29 is 14.5 Å². The van der Waals surface area contributed by atoms with Crippen LogP contribution in [0.2, 0.25) is 0 Å². The van der Waals surface area contributed by atoms with E-state index in [2.05, 4.69) is 13.8 Å². The molecule has 2 saturated heterocycles. The molecule has 2 rings (SSSR count). The van der Waals surface area contributed by atoms with Gasteiger partial charge in [-0.2, -0.15) is 9.78 Å². The van der Waals surface area contributed by atoms with E-state index in [1.165, 1.54) is 0 Å². The van der Waals surface area contributed by atoms with Gasteiger partial charge < -0.3 is 4.74 Å². The Kier molecular flexibility index (Phi) is 1.43. The molecule has 0 aromatic carbocycles. The predicted octanol–water partition coefficient (Wildman–Crippen LogP) is 2.22. The van der Waals surface area contributed by atoms with E-state index < -0.39 is 11.6 Å². The minimum absolute atomic E-state index is 0.0308. The molecule has 0 spiro atoms. The van der Waals surface area contributed by atoms with Gasteiger partial charge in [0.05, 0.1) is 0 Å². The highest BCUT2D eigenvalue weighted by molar-refractivity contribution is 4.93. The molecule has 2 fully saturated rings. The predicted molar refractivity (Wildman–Crippen MR) is 43.1 cm³/mol. The molecule has 0 unspecified atom stereocenters. The summed E-state index contributed by atoms with van der Waals surface area (Å²) in [6, 6.07) is 0. The van der Waals surface area contributed by atoms with E-state index in [0.29, 0.717) is 0 Å². The fraction of sp³-hybridized carbons (Fsp3) is 1.00. The maximum atomic E-state index is 5.74. The van der Waals surface area contributed by atoms with Gasteiger partial charge in [0.1, 0.15) is 0 Å². The van der Waals surface area contributed by atoms with Crippen LogP contribution in [0.3, 0.4) is 0 Å². The van der Waals surface area contributed by atoms with Gasteiger partial charge in [-0.05, 0) is 20.3 Å². The van der Waals surface area contributed by atoms with Crippen molar-refractivity contribution in [3.05, 3.63) is 0 Å². The molecule has 0 amide bonds. The first-order valence-corrected chi connectivity index (χ1v) is 4.44. The van der Waals surface area contributed by atoms with Crippen LogP contribution in [0.4, 0.5) is 0 Å². The molecule has 0 aromatic heterocycles. The summed E-state index contributed by atoms with van der Waals surface area (Å²) in [7, 11) is 0. The van der Waals surface area contributed by atoms with Crippen LogP contribution in [-0.2, 0) is 14.5 Å². The molecule has 2 heterocycles. The first-order valence-electron chi connectivity index (χ1n) is 4.44. The quantitative estimate of drug-likeness (QED) is 0.524. The van der Waals surface area contributed by atoms with Gasteiger partial charge in [-0.25, -0.2) is 0 Å². The van der Waals surface area contributed by atoms with Crippen LogP contribution in [0.15, 0.2) is 0 Å². The van der Waals surface area contributed by atoms with Crippen molar-refractivity contribution in [1.82, 2.24) is 0 Å². The molecule has 3 heteroatoms. The maximum Gasteiger partial charge on any atom is 0.207 e. The van der Waals surface area contributed by atoms with Crippen LogP contribution in [0.1, 0.15) is 40.5 Å². The van der Waals surface area contributed by atoms with E-state index in [9.17, 15) is 0 Å². The first kappa shape index (κ1) is 8.48. The van der Waals surface area contributed by atoms with Gasteiger partial charge in [-0.3, -0.25) is 0 Å². The van der Waals surface area contributed by atoms with E-state index in [0.717, 1.165) is 12.8 Å². The van der Waals surface area contributed by atoms with Crippen molar-refractivity contribution in [2.45, 2.75) is 52.1 Å². The molecule has 2 aliphatic rings. The van der Waals surface area contributed by atoms with Gasteiger partial charge in [0, 0.05) is 11.8 Å². The maximum absolute atomic E-state index is 5.74. The van der Waals surface area contributed by atoms with Crippen LogP contribution in [-0.4, -0.2) is 11.6 Å². The van der Waals surface area contributed by atoms with Crippen LogP contribution < -0.4 is 0 Å². The Bertz CT molecular complexity index is 214. The monoisotopic (exact) mass is 172 g/mol. The lowest BCUT2D eigenvalue weighted by atomic mass is 9.77. The topological polar surface area (TPSA) is 27.7 Å². The molecule has 70 valence electrons. The van der Waals surface area contributed by atoms with Crippen molar-refractivity contribution in [2.24, 2.45) is 5.41 Å². The second-order valence-corrected chi connectivity index (χ2v) is 4.73. The molecule has 0 aliphatic carbocycles. The van der Waals surface area contributed by atoms with Crippen LogP contribution >= 0.6 is 0 Å². The van der Waals surface area contributed by atoms with Crippen LogP contribution in [0, 0.1) is 5.41 Å². The lowest BCUT2D eigenvalue weighted by Crippen LogP contribution is -2.49. The van der Waals surface area contributed by atoms with Gasteiger partial charge in [0.2, 0.25) is 11.6 Å². The Labute approximate surface area is 72.9 Å². The lowest BCUT2D eigenvalue weighted by Gasteiger charge is -2.42. The number of rotatable bonds is 0. The Morgan fingerprint density at radius 1 is 0.917 bits per heavy atom. The zero-order chi connectivity index (χ0) is 9.04. The number of ether oxygens (including phenoxy) is 1. The summed E-state index contributed by atoms with van der Waals surface area (Å²) in [5, 5.41) is 0. The van der Waals surface area contributed by atoms with E-state index in [1.54, 1.807) is 0 Å². The van der Waals surface area contributed by atoms with Gasteiger partial charge in [0.15, 0.2) is 0 Å². The standard InChI is InChI=1S/C9H16O3/c1-7(2)5-6-8(3)10-9(7,4)12-11-8/h5-6H2,1-4H3/t8-,9+/m1/s1. The summed E-state index contributed by atoms with van der Waals surface area (Å²) in [6.07, 6.45) is 1.97. The molecular weight excluding hydrogens is 156 g/mol. The zero-order valence-electron chi connectivity index (χ0n) is 8.14. The summed E-state index contributed by atoms with van der Waals surface area (Å²) < 4.78 is 5.74. The molecule has 0 radical (unpaired) electrons. The van der Waals surface area contributed by atoms with E-state index in [-0.39, 0.29) is 5.41 Å². The average molecular weight is 172 g/mol. The van der Waals surface area contributed by atoms with Gasteiger partial charge in [-0.1, -0.05) is 13.8 Å². The van der Waals surface area contributed by atoms with Crippen molar-refractivity contribution in [2.75, 3.05) is 0 Å². The minimum atomic E-state index is -0.569. The second kappa shape index (κ2) is 2.03. The zero-order valence-corrected chi connectivity index (χ0v) is 8.14. The van der Waals surface area contributed by atoms with Crippen molar-refractivity contribution in [1.29, 1.82) is 0 Å². The lowest BCUT2D eigenvalue weighted by molar-refractivity contribution is -0.351.